The molecular formula is C18H20N4O2. The normalized spacial score (nSPS) is 10.8. The Balaban J connectivity index is 1.53. The van der Waals surface area contributed by atoms with Crippen molar-refractivity contribution in [3.8, 4) is 11.3 Å². The molecule has 1 aromatic carbocycles. The number of hydrogen-bond acceptors (Lipinski definition) is 4. The van der Waals surface area contributed by atoms with Crippen molar-refractivity contribution in [3.63, 3.8) is 0 Å². The molecule has 3 aromatic rings. The van der Waals surface area contributed by atoms with E-state index in [2.05, 4.69) is 10.1 Å². The molecule has 0 radical (unpaired) electrons. The molecule has 0 bridgehead atoms. The number of rotatable bonds is 6. The molecule has 2 heterocycles. The Morgan fingerprint density at radius 1 is 1.25 bits per heavy atom. The predicted molar refractivity (Wildman–Crippen MR) is 89.9 cm³/mol. The monoisotopic (exact) mass is 324 g/mol. The fourth-order valence-electron chi connectivity index (χ4n) is 2.48. The molecule has 0 N–H and O–H groups in total. The zero-order valence-electron chi connectivity index (χ0n) is 13.8. The number of aryl methyl sites for hydroxylation is 2. The van der Waals surface area contributed by atoms with Crippen LogP contribution in [0.5, 0.6) is 0 Å². The molecule has 0 saturated heterocycles. The third kappa shape index (κ3) is 3.90. The average molecular weight is 324 g/mol. The Labute approximate surface area is 140 Å². The molecule has 0 saturated carbocycles. The van der Waals surface area contributed by atoms with E-state index in [-0.39, 0.29) is 5.91 Å². The van der Waals surface area contributed by atoms with Crippen LogP contribution in [0, 0.1) is 0 Å². The number of carbonyl (C=O) groups is 1. The summed E-state index contributed by atoms with van der Waals surface area (Å²) in [5, 5.41) is 4.11. The maximum Gasteiger partial charge on any atom is 0.223 e. The molecule has 24 heavy (non-hydrogen) atoms. The fourth-order valence-corrected chi connectivity index (χ4v) is 2.48. The number of amides is 1. The minimum absolute atomic E-state index is 0.0540. The van der Waals surface area contributed by atoms with Gasteiger partial charge < -0.3 is 9.32 Å². The molecule has 6 nitrogen and oxygen atoms in total. The minimum Gasteiger partial charge on any atom is -0.441 e. The lowest BCUT2D eigenvalue weighted by Crippen LogP contribution is -2.26. The minimum atomic E-state index is 0.0540. The third-order valence-electron chi connectivity index (χ3n) is 3.77. The molecule has 3 rings (SSSR count). The van der Waals surface area contributed by atoms with Gasteiger partial charge in [0.05, 0.1) is 12.4 Å². The second kappa shape index (κ2) is 7.12. The lowest BCUT2D eigenvalue weighted by atomic mass is 10.2. The van der Waals surface area contributed by atoms with Crippen molar-refractivity contribution in [2.75, 3.05) is 7.05 Å². The SMILES string of the molecule is CN(Cc1cnn(C)c1)C(=O)CCc1ncc(-c2ccccc2)o1. The van der Waals surface area contributed by atoms with Crippen molar-refractivity contribution >= 4 is 5.91 Å². The van der Waals surface area contributed by atoms with Gasteiger partial charge in [0.1, 0.15) is 0 Å². The zero-order chi connectivity index (χ0) is 16.9. The quantitative estimate of drug-likeness (QED) is 0.699. The van der Waals surface area contributed by atoms with Gasteiger partial charge in [0, 0.05) is 50.8 Å². The second-order valence-corrected chi connectivity index (χ2v) is 5.76. The molecule has 1 amide bonds. The summed E-state index contributed by atoms with van der Waals surface area (Å²) >= 11 is 0. The van der Waals surface area contributed by atoms with Gasteiger partial charge in [-0.2, -0.15) is 5.10 Å². The number of hydrogen-bond donors (Lipinski definition) is 0. The highest BCUT2D eigenvalue weighted by Crippen LogP contribution is 2.20. The van der Waals surface area contributed by atoms with Crippen LogP contribution in [0.15, 0.2) is 53.3 Å². The zero-order valence-corrected chi connectivity index (χ0v) is 13.8. The molecule has 6 heteroatoms. The Morgan fingerprint density at radius 3 is 2.75 bits per heavy atom. The van der Waals surface area contributed by atoms with Gasteiger partial charge in [-0.15, -0.1) is 0 Å². The van der Waals surface area contributed by atoms with Crippen LogP contribution in [0.3, 0.4) is 0 Å². The lowest BCUT2D eigenvalue weighted by molar-refractivity contribution is -0.130. The van der Waals surface area contributed by atoms with E-state index in [0.29, 0.717) is 25.3 Å². The van der Waals surface area contributed by atoms with Gasteiger partial charge in [0.25, 0.3) is 0 Å². The highest BCUT2D eigenvalue weighted by atomic mass is 16.4. The predicted octanol–water partition coefficient (Wildman–Crippen LogP) is 2.67. The molecule has 0 fully saturated rings. The van der Waals surface area contributed by atoms with E-state index < -0.39 is 0 Å². The largest absolute Gasteiger partial charge is 0.441 e. The van der Waals surface area contributed by atoms with E-state index in [1.807, 2.05) is 43.6 Å². The molecule has 0 aliphatic rings. The summed E-state index contributed by atoms with van der Waals surface area (Å²) in [5.74, 6) is 1.36. The first-order valence-corrected chi connectivity index (χ1v) is 7.83. The van der Waals surface area contributed by atoms with Crippen molar-refractivity contribution in [1.82, 2.24) is 19.7 Å². The number of carbonyl (C=O) groups excluding carboxylic acids is 1. The summed E-state index contributed by atoms with van der Waals surface area (Å²) in [6, 6.07) is 9.80. The summed E-state index contributed by atoms with van der Waals surface area (Å²) < 4.78 is 7.45. The van der Waals surface area contributed by atoms with Crippen LogP contribution < -0.4 is 0 Å². The van der Waals surface area contributed by atoms with Crippen LogP contribution in [0.25, 0.3) is 11.3 Å². The lowest BCUT2D eigenvalue weighted by Gasteiger charge is -2.15. The first-order chi connectivity index (χ1) is 11.6. The number of nitrogens with zero attached hydrogens (tertiary/aromatic N) is 4. The number of benzene rings is 1. The summed E-state index contributed by atoms with van der Waals surface area (Å²) in [6.07, 6.45) is 6.23. The Bertz CT molecular complexity index is 807. The highest BCUT2D eigenvalue weighted by molar-refractivity contribution is 5.76. The third-order valence-corrected chi connectivity index (χ3v) is 3.77. The van der Waals surface area contributed by atoms with Gasteiger partial charge in [-0.3, -0.25) is 9.48 Å². The summed E-state index contributed by atoms with van der Waals surface area (Å²) in [4.78, 5) is 18.2. The van der Waals surface area contributed by atoms with E-state index >= 15 is 0 Å². The topological polar surface area (TPSA) is 64.2 Å². The van der Waals surface area contributed by atoms with Gasteiger partial charge >= 0.3 is 0 Å². The van der Waals surface area contributed by atoms with Gasteiger partial charge in [-0.05, 0) is 0 Å². The van der Waals surface area contributed by atoms with E-state index in [0.717, 1.165) is 16.9 Å². The van der Waals surface area contributed by atoms with Gasteiger partial charge in [0.2, 0.25) is 5.91 Å². The summed E-state index contributed by atoms with van der Waals surface area (Å²) in [6.45, 7) is 0.549. The number of oxazole rings is 1. The van der Waals surface area contributed by atoms with Crippen molar-refractivity contribution in [1.29, 1.82) is 0 Å². The van der Waals surface area contributed by atoms with Gasteiger partial charge in [-0.25, -0.2) is 4.98 Å². The fraction of sp³-hybridized carbons (Fsp3) is 0.278. The van der Waals surface area contributed by atoms with Crippen LogP contribution in [0.4, 0.5) is 0 Å². The molecule has 124 valence electrons. The molecule has 0 unspecified atom stereocenters. The first kappa shape index (κ1) is 16.0. The van der Waals surface area contributed by atoms with Crippen LogP contribution in [-0.4, -0.2) is 32.6 Å². The molecular weight excluding hydrogens is 304 g/mol. The second-order valence-electron chi connectivity index (χ2n) is 5.76. The molecule has 0 spiro atoms. The Morgan fingerprint density at radius 2 is 2.04 bits per heavy atom. The molecule has 0 aliphatic carbocycles. The van der Waals surface area contributed by atoms with Crippen molar-refractivity contribution in [3.05, 3.63) is 60.4 Å². The van der Waals surface area contributed by atoms with Gasteiger partial charge in [0.15, 0.2) is 11.7 Å². The average Bonchev–Trinajstić information content (AvgIpc) is 3.22. The molecule has 0 atom stereocenters. The van der Waals surface area contributed by atoms with Gasteiger partial charge in [-0.1, -0.05) is 30.3 Å². The van der Waals surface area contributed by atoms with Crippen LogP contribution in [0.1, 0.15) is 17.9 Å². The Kier molecular flexibility index (Phi) is 4.74. The highest BCUT2D eigenvalue weighted by Gasteiger charge is 2.13. The summed E-state index contributed by atoms with van der Waals surface area (Å²) in [7, 11) is 3.65. The van der Waals surface area contributed by atoms with Crippen molar-refractivity contribution in [2.24, 2.45) is 7.05 Å². The van der Waals surface area contributed by atoms with Crippen molar-refractivity contribution < 1.29 is 9.21 Å². The standard InChI is InChI=1S/C18H20N4O2/c1-21(12-14-10-20-22(2)13-14)18(23)9-8-17-19-11-16(24-17)15-6-4-3-5-7-15/h3-7,10-11,13H,8-9,12H2,1-2H3. The maximum absolute atomic E-state index is 12.2. The van der Waals surface area contributed by atoms with Crippen LogP contribution >= 0.6 is 0 Å². The molecule has 0 aliphatic heterocycles. The summed E-state index contributed by atoms with van der Waals surface area (Å²) in [5.41, 5.74) is 1.99. The maximum atomic E-state index is 12.2. The number of aromatic nitrogens is 3. The van der Waals surface area contributed by atoms with E-state index in [1.165, 1.54) is 0 Å². The first-order valence-electron chi connectivity index (χ1n) is 7.83. The van der Waals surface area contributed by atoms with E-state index in [9.17, 15) is 4.79 Å². The van der Waals surface area contributed by atoms with Crippen LogP contribution in [0.2, 0.25) is 0 Å². The van der Waals surface area contributed by atoms with Crippen molar-refractivity contribution in [2.45, 2.75) is 19.4 Å². The van der Waals surface area contributed by atoms with E-state index in [1.54, 1.807) is 29.0 Å². The van der Waals surface area contributed by atoms with E-state index in [4.69, 9.17) is 4.42 Å². The Hall–Kier alpha value is -2.89. The van der Waals surface area contributed by atoms with Crippen LogP contribution in [-0.2, 0) is 24.8 Å². The smallest absolute Gasteiger partial charge is 0.223 e. The molecule has 2 aromatic heterocycles.